The van der Waals surface area contributed by atoms with Crippen molar-refractivity contribution in [1.82, 2.24) is 0 Å². The Balaban J connectivity index is 3.04. The van der Waals surface area contributed by atoms with Gasteiger partial charge in [-0.1, -0.05) is 28.1 Å². The van der Waals surface area contributed by atoms with Gasteiger partial charge >= 0.3 is 0 Å². The monoisotopic (exact) mass is 239 g/mol. The van der Waals surface area contributed by atoms with Gasteiger partial charge in [-0.05, 0) is 24.1 Å². The molecule has 0 aliphatic heterocycles. The Morgan fingerprint density at radius 1 is 1.54 bits per heavy atom. The van der Waals surface area contributed by atoms with E-state index in [9.17, 15) is 0 Å². The fourth-order valence-electron chi connectivity index (χ4n) is 1.09. The second-order valence-corrected chi connectivity index (χ2v) is 3.61. The van der Waals surface area contributed by atoms with Crippen molar-refractivity contribution in [3.63, 3.8) is 0 Å². The highest BCUT2D eigenvalue weighted by atomic mass is 79.9. The predicted octanol–water partition coefficient (Wildman–Crippen LogP) is 2.97. The normalized spacial score (nSPS) is 12.2. The lowest BCUT2D eigenvalue weighted by Gasteiger charge is -2.08. The third-order valence-electron chi connectivity index (χ3n) is 1.84. The summed E-state index contributed by atoms with van der Waals surface area (Å²) in [5.74, 6) is 0. The number of aryl methyl sites for hydroxylation is 1. The third-order valence-corrected chi connectivity index (χ3v) is 2.73. The number of methoxy groups -OCH3 is 1. The van der Waals surface area contributed by atoms with Crippen LogP contribution in [0.15, 0.2) is 22.7 Å². The summed E-state index contributed by atoms with van der Waals surface area (Å²) < 4.78 is 6.05. The van der Waals surface area contributed by atoms with Crippen molar-refractivity contribution in [2.75, 3.05) is 7.11 Å². The summed E-state index contributed by atoms with van der Waals surface area (Å²) in [7, 11) is 1.53. The van der Waals surface area contributed by atoms with Gasteiger partial charge in [0.2, 0.25) is 0 Å². The minimum atomic E-state index is -0.466. The molecule has 1 aromatic carbocycles. The van der Waals surface area contributed by atoms with Gasteiger partial charge < -0.3 is 4.74 Å². The highest BCUT2D eigenvalue weighted by Crippen LogP contribution is 2.22. The molecule has 1 aromatic rings. The first-order chi connectivity index (χ1) is 6.19. The molecule has 68 valence electrons. The quantitative estimate of drug-likeness (QED) is 0.796. The third kappa shape index (κ3) is 2.30. The van der Waals surface area contributed by atoms with Crippen molar-refractivity contribution in [2.45, 2.75) is 13.0 Å². The molecule has 2 nitrogen and oxygen atoms in total. The SMILES string of the molecule is COC(C#N)c1ccc(Br)c(C)c1. The molecule has 0 aliphatic rings. The van der Waals surface area contributed by atoms with Crippen LogP contribution >= 0.6 is 15.9 Å². The molecule has 0 aromatic heterocycles. The lowest BCUT2D eigenvalue weighted by atomic mass is 10.1. The molecule has 13 heavy (non-hydrogen) atoms. The summed E-state index contributed by atoms with van der Waals surface area (Å²) in [5.41, 5.74) is 2.00. The Morgan fingerprint density at radius 2 is 2.23 bits per heavy atom. The first kappa shape index (κ1) is 10.2. The number of halogens is 1. The van der Waals surface area contributed by atoms with Gasteiger partial charge in [-0.25, -0.2) is 0 Å². The molecule has 0 spiro atoms. The van der Waals surface area contributed by atoms with Gasteiger partial charge in [-0.2, -0.15) is 5.26 Å². The standard InChI is InChI=1S/C10H10BrNO/c1-7-5-8(3-4-9(7)11)10(6-12)13-2/h3-5,10H,1-2H3. The van der Waals surface area contributed by atoms with E-state index in [1.807, 2.05) is 25.1 Å². The van der Waals surface area contributed by atoms with E-state index in [1.54, 1.807) is 0 Å². The van der Waals surface area contributed by atoms with Crippen molar-refractivity contribution < 1.29 is 4.74 Å². The van der Waals surface area contributed by atoms with Crippen LogP contribution in [0.1, 0.15) is 17.2 Å². The summed E-state index contributed by atoms with van der Waals surface area (Å²) in [6, 6.07) is 7.83. The summed E-state index contributed by atoms with van der Waals surface area (Å²) in [4.78, 5) is 0. The van der Waals surface area contributed by atoms with Crippen molar-refractivity contribution in [2.24, 2.45) is 0 Å². The van der Waals surface area contributed by atoms with E-state index < -0.39 is 6.10 Å². The topological polar surface area (TPSA) is 33.0 Å². The lowest BCUT2D eigenvalue weighted by molar-refractivity contribution is 0.148. The first-order valence-electron chi connectivity index (χ1n) is 3.87. The largest absolute Gasteiger partial charge is 0.362 e. The van der Waals surface area contributed by atoms with E-state index in [-0.39, 0.29) is 0 Å². The summed E-state index contributed by atoms with van der Waals surface area (Å²) in [5, 5.41) is 8.75. The van der Waals surface area contributed by atoms with Crippen LogP contribution in [0.25, 0.3) is 0 Å². The van der Waals surface area contributed by atoms with Gasteiger partial charge in [-0.15, -0.1) is 0 Å². The number of rotatable bonds is 2. The Hall–Kier alpha value is -0.850. The molecule has 0 amide bonds. The maximum absolute atomic E-state index is 8.75. The van der Waals surface area contributed by atoms with Crippen molar-refractivity contribution in [1.29, 1.82) is 5.26 Å². The zero-order chi connectivity index (χ0) is 9.84. The van der Waals surface area contributed by atoms with Crippen LogP contribution < -0.4 is 0 Å². The van der Waals surface area contributed by atoms with Crippen LogP contribution in [0.3, 0.4) is 0 Å². The summed E-state index contributed by atoms with van der Waals surface area (Å²) in [6.45, 7) is 1.98. The van der Waals surface area contributed by atoms with Crippen molar-refractivity contribution >= 4 is 15.9 Å². The van der Waals surface area contributed by atoms with Gasteiger partial charge in [0, 0.05) is 11.6 Å². The molecule has 1 rings (SSSR count). The molecule has 3 heteroatoms. The first-order valence-corrected chi connectivity index (χ1v) is 4.66. The maximum atomic E-state index is 8.75. The molecule has 0 heterocycles. The van der Waals surface area contributed by atoms with E-state index in [0.29, 0.717) is 0 Å². The minimum absolute atomic E-state index is 0.466. The second kappa shape index (κ2) is 4.40. The predicted molar refractivity (Wildman–Crippen MR) is 54.2 cm³/mol. The number of nitrogens with zero attached hydrogens (tertiary/aromatic N) is 1. The fourth-order valence-corrected chi connectivity index (χ4v) is 1.34. The molecule has 0 saturated heterocycles. The average Bonchev–Trinajstić information content (AvgIpc) is 2.13. The van der Waals surface area contributed by atoms with Crippen LogP contribution in [-0.2, 0) is 4.74 Å². The number of ether oxygens (including phenoxy) is 1. The molecule has 0 aliphatic carbocycles. The number of nitriles is 1. The van der Waals surface area contributed by atoms with E-state index in [1.165, 1.54) is 7.11 Å². The van der Waals surface area contributed by atoms with E-state index in [0.717, 1.165) is 15.6 Å². The molecule has 1 atom stereocenters. The Bertz CT molecular complexity index is 343. The van der Waals surface area contributed by atoms with Gasteiger partial charge in [0.15, 0.2) is 6.10 Å². The second-order valence-electron chi connectivity index (χ2n) is 2.75. The highest BCUT2D eigenvalue weighted by Gasteiger charge is 2.08. The summed E-state index contributed by atoms with van der Waals surface area (Å²) >= 11 is 3.40. The highest BCUT2D eigenvalue weighted by molar-refractivity contribution is 9.10. The van der Waals surface area contributed by atoms with Gasteiger partial charge in [0.1, 0.15) is 0 Å². The average molecular weight is 240 g/mol. The van der Waals surface area contributed by atoms with E-state index >= 15 is 0 Å². The molecule has 0 N–H and O–H groups in total. The van der Waals surface area contributed by atoms with Crippen LogP contribution in [0.2, 0.25) is 0 Å². The Morgan fingerprint density at radius 3 is 2.69 bits per heavy atom. The van der Waals surface area contributed by atoms with Crippen LogP contribution in [0, 0.1) is 18.3 Å². The van der Waals surface area contributed by atoms with Crippen LogP contribution in [0.4, 0.5) is 0 Å². The molecule has 1 unspecified atom stereocenters. The Labute approximate surface area is 86.3 Å². The maximum Gasteiger partial charge on any atom is 0.168 e. The van der Waals surface area contributed by atoms with Gasteiger partial charge in [0.05, 0.1) is 6.07 Å². The lowest BCUT2D eigenvalue weighted by Crippen LogP contribution is -1.98. The van der Waals surface area contributed by atoms with Crippen molar-refractivity contribution in [3.05, 3.63) is 33.8 Å². The molecular weight excluding hydrogens is 230 g/mol. The fraction of sp³-hybridized carbons (Fsp3) is 0.300. The van der Waals surface area contributed by atoms with Crippen LogP contribution in [0.5, 0.6) is 0 Å². The molecule has 0 bridgehead atoms. The molecule has 0 radical (unpaired) electrons. The number of hydrogen-bond acceptors (Lipinski definition) is 2. The van der Waals surface area contributed by atoms with E-state index in [4.69, 9.17) is 10.00 Å². The Kier molecular flexibility index (Phi) is 3.47. The van der Waals surface area contributed by atoms with Crippen LogP contribution in [-0.4, -0.2) is 7.11 Å². The minimum Gasteiger partial charge on any atom is -0.362 e. The molecule has 0 saturated carbocycles. The van der Waals surface area contributed by atoms with Crippen molar-refractivity contribution in [3.8, 4) is 6.07 Å². The molecule has 0 fully saturated rings. The molecular formula is C10H10BrNO. The zero-order valence-corrected chi connectivity index (χ0v) is 9.13. The number of hydrogen-bond donors (Lipinski definition) is 0. The van der Waals surface area contributed by atoms with Gasteiger partial charge in [0.25, 0.3) is 0 Å². The van der Waals surface area contributed by atoms with E-state index in [2.05, 4.69) is 22.0 Å². The smallest absolute Gasteiger partial charge is 0.168 e. The zero-order valence-electron chi connectivity index (χ0n) is 7.54. The van der Waals surface area contributed by atoms with Gasteiger partial charge in [-0.3, -0.25) is 0 Å². The number of benzene rings is 1. The summed E-state index contributed by atoms with van der Waals surface area (Å²) in [6.07, 6.45) is -0.466.